The van der Waals surface area contributed by atoms with Crippen molar-refractivity contribution >= 4 is 22.8 Å². The average Bonchev–Trinajstić information content (AvgIpc) is 3.37. The number of amidine groups is 1. The summed E-state index contributed by atoms with van der Waals surface area (Å²) in [7, 11) is 0. The summed E-state index contributed by atoms with van der Waals surface area (Å²) in [6.45, 7) is 3.09. The van der Waals surface area contributed by atoms with Gasteiger partial charge in [0.1, 0.15) is 5.82 Å². The first-order valence-electron chi connectivity index (χ1n) is 11.6. The predicted molar refractivity (Wildman–Crippen MR) is 121 cm³/mol. The summed E-state index contributed by atoms with van der Waals surface area (Å²) in [5.74, 6) is 2.59. The minimum atomic E-state index is -0.0634. The van der Waals surface area contributed by atoms with E-state index in [2.05, 4.69) is 28.8 Å². The summed E-state index contributed by atoms with van der Waals surface area (Å²) in [5.41, 5.74) is 4.74. The van der Waals surface area contributed by atoms with Crippen LogP contribution in [0.25, 0.3) is 0 Å². The zero-order valence-corrected chi connectivity index (χ0v) is 18.9. The number of hydroxylamine groups is 1. The SMILES string of the molecule is C[C@@]12CC[C@H]3c4cccc(F)c4CC[C@H]3[C@H]1[C@H](CCC(=O)NC1=NCCS1)C[C@H]2NO. The van der Waals surface area contributed by atoms with Crippen LogP contribution in [0.5, 0.6) is 0 Å². The number of aliphatic imine (C=N–C) groups is 1. The van der Waals surface area contributed by atoms with Gasteiger partial charge in [0, 0.05) is 18.2 Å². The van der Waals surface area contributed by atoms with E-state index in [1.54, 1.807) is 17.8 Å². The first kappa shape index (κ1) is 21.4. The number of nitrogens with one attached hydrogen (secondary N) is 2. The molecular weight excluding hydrogens is 413 g/mol. The highest BCUT2D eigenvalue weighted by Gasteiger charge is 2.58. The van der Waals surface area contributed by atoms with Crippen molar-refractivity contribution in [1.82, 2.24) is 10.8 Å². The summed E-state index contributed by atoms with van der Waals surface area (Å²) in [5, 5.41) is 13.7. The molecule has 7 heteroatoms. The lowest BCUT2D eigenvalue weighted by Crippen LogP contribution is -2.48. The molecule has 31 heavy (non-hydrogen) atoms. The van der Waals surface area contributed by atoms with Gasteiger partial charge in [-0.2, -0.15) is 0 Å². The van der Waals surface area contributed by atoms with E-state index in [-0.39, 0.29) is 23.2 Å². The van der Waals surface area contributed by atoms with Gasteiger partial charge < -0.3 is 10.5 Å². The number of amides is 1. The van der Waals surface area contributed by atoms with Crippen LogP contribution in [0.2, 0.25) is 0 Å². The summed E-state index contributed by atoms with van der Waals surface area (Å²) in [6.07, 6.45) is 6.03. The number of fused-ring (bicyclic) bond motifs is 5. The minimum Gasteiger partial charge on any atom is -0.317 e. The Labute approximate surface area is 187 Å². The summed E-state index contributed by atoms with van der Waals surface area (Å²) < 4.78 is 14.4. The van der Waals surface area contributed by atoms with Gasteiger partial charge in [-0.25, -0.2) is 9.87 Å². The van der Waals surface area contributed by atoms with Crippen LogP contribution in [0, 0.1) is 29.0 Å². The van der Waals surface area contributed by atoms with Gasteiger partial charge in [0.2, 0.25) is 5.91 Å². The molecule has 0 unspecified atom stereocenters. The number of nitrogens with zero attached hydrogens (tertiary/aromatic N) is 1. The molecule has 3 aliphatic carbocycles. The van der Waals surface area contributed by atoms with E-state index in [1.807, 2.05) is 6.07 Å². The fourth-order valence-electron chi connectivity index (χ4n) is 7.27. The highest BCUT2D eigenvalue weighted by molar-refractivity contribution is 8.14. The molecule has 1 aliphatic heterocycles. The molecule has 0 saturated heterocycles. The molecule has 2 fully saturated rings. The maximum atomic E-state index is 14.4. The van der Waals surface area contributed by atoms with Crippen molar-refractivity contribution in [1.29, 1.82) is 0 Å². The van der Waals surface area contributed by atoms with Crippen molar-refractivity contribution < 1.29 is 14.4 Å². The van der Waals surface area contributed by atoms with Crippen molar-refractivity contribution in [3.8, 4) is 0 Å². The van der Waals surface area contributed by atoms with Crippen LogP contribution in [0.1, 0.15) is 62.5 Å². The maximum absolute atomic E-state index is 14.4. The van der Waals surface area contributed by atoms with Crippen molar-refractivity contribution in [2.45, 2.75) is 63.8 Å². The Bertz CT molecular complexity index is 894. The molecule has 5 rings (SSSR count). The second-order valence-corrected chi connectivity index (χ2v) is 11.1. The fraction of sp³-hybridized carbons (Fsp3) is 0.667. The zero-order chi connectivity index (χ0) is 21.6. The Morgan fingerprint density at radius 3 is 3.03 bits per heavy atom. The summed E-state index contributed by atoms with van der Waals surface area (Å²) >= 11 is 1.60. The Morgan fingerprint density at radius 2 is 2.26 bits per heavy atom. The molecule has 0 spiro atoms. The smallest absolute Gasteiger partial charge is 0.225 e. The van der Waals surface area contributed by atoms with Gasteiger partial charge in [0.25, 0.3) is 0 Å². The molecule has 0 bridgehead atoms. The molecule has 0 radical (unpaired) electrons. The van der Waals surface area contributed by atoms with E-state index in [9.17, 15) is 14.4 Å². The van der Waals surface area contributed by atoms with Gasteiger partial charge in [-0.05, 0) is 84.8 Å². The van der Waals surface area contributed by atoms with Crippen LogP contribution in [-0.4, -0.2) is 34.6 Å². The van der Waals surface area contributed by atoms with E-state index in [0.717, 1.165) is 61.6 Å². The summed E-state index contributed by atoms with van der Waals surface area (Å²) in [4.78, 5) is 16.8. The lowest BCUT2D eigenvalue weighted by molar-refractivity contribution is -0.120. The van der Waals surface area contributed by atoms with Gasteiger partial charge in [-0.1, -0.05) is 30.8 Å². The topological polar surface area (TPSA) is 73.7 Å². The Balaban J connectivity index is 1.36. The van der Waals surface area contributed by atoms with Crippen molar-refractivity contribution in [3.63, 3.8) is 0 Å². The van der Waals surface area contributed by atoms with Gasteiger partial charge in [0.15, 0.2) is 5.17 Å². The van der Waals surface area contributed by atoms with E-state index in [0.29, 0.717) is 30.1 Å². The third kappa shape index (κ3) is 3.72. The Morgan fingerprint density at radius 1 is 1.39 bits per heavy atom. The number of rotatable bonds is 4. The van der Waals surface area contributed by atoms with Gasteiger partial charge in [-0.3, -0.25) is 9.79 Å². The molecule has 5 nitrogen and oxygen atoms in total. The van der Waals surface area contributed by atoms with Crippen molar-refractivity contribution in [2.75, 3.05) is 12.3 Å². The molecule has 1 heterocycles. The quantitative estimate of drug-likeness (QED) is 0.606. The van der Waals surface area contributed by atoms with Gasteiger partial charge >= 0.3 is 0 Å². The van der Waals surface area contributed by atoms with E-state index in [1.165, 1.54) is 5.56 Å². The molecule has 1 aromatic rings. The third-order valence-electron chi connectivity index (χ3n) is 8.59. The minimum absolute atomic E-state index is 0.00722. The van der Waals surface area contributed by atoms with Gasteiger partial charge in [-0.15, -0.1) is 0 Å². The molecule has 4 aliphatic rings. The zero-order valence-electron chi connectivity index (χ0n) is 18.1. The molecule has 0 aromatic heterocycles. The molecule has 6 atom stereocenters. The maximum Gasteiger partial charge on any atom is 0.225 e. The fourth-order valence-corrected chi connectivity index (χ4v) is 8.02. The normalized spacial score (nSPS) is 36.4. The third-order valence-corrected chi connectivity index (χ3v) is 9.48. The second kappa shape index (κ2) is 8.49. The van der Waals surface area contributed by atoms with Crippen LogP contribution in [0.4, 0.5) is 4.39 Å². The summed E-state index contributed by atoms with van der Waals surface area (Å²) in [6, 6.07) is 5.61. The van der Waals surface area contributed by atoms with E-state index < -0.39 is 0 Å². The number of hydrogen-bond donors (Lipinski definition) is 3. The number of benzene rings is 1. The number of thioether (sulfide) groups is 1. The van der Waals surface area contributed by atoms with E-state index >= 15 is 0 Å². The number of carbonyl (C=O) groups is 1. The number of hydrogen-bond acceptors (Lipinski definition) is 5. The first-order chi connectivity index (χ1) is 15.0. The van der Waals surface area contributed by atoms with Crippen molar-refractivity contribution in [2.24, 2.45) is 28.2 Å². The van der Waals surface area contributed by atoms with Crippen LogP contribution in [0.3, 0.4) is 0 Å². The van der Waals surface area contributed by atoms with E-state index in [4.69, 9.17) is 0 Å². The molecular formula is C24H32FN3O2S. The molecule has 168 valence electrons. The van der Waals surface area contributed by atoms with Gasteiger partial charge in [0.05, 0.1) is 6.54 Å². The molecule has 1 aromatic carbocycles. The average molecular weight is 446 g/mol. The Kier molecular flexibility index (Phi) is 5.86. The predicted octanol–water partition coefficient (Wildman–Crippen LogP) is 4.25. The highest BCUT2D eigenvalue weighted by Crippen LogP contribution is 2.63. The molecule has 3 N–H and O–H groups in total. The lowest BCUT2D eigenvalue weighted by Gasteiger charge is -2.52. The standard InChI is InChI=1S/C24H32FN3O2S/c1-24-10-9-16-15-3-2-4-19(25)17(15)6-7-18(16)22(24)14(13-20(24)28-30)5-8-21(29)27-23-26-11-12-31-23/h2-4,14,16,18,20,22,28,30H,5-13H2,1H3,(H,26,27,29)/t14-,16+,18-,20-,22-,24+/m1/s1. The lowest BCUT2D eigenvalue weighted by atomic mass is 9.53. The highest BCUT2D eigenvalue weighted by atomic mass is 32.2. The molecule has 1 amide bonds. The van der Waals surface area contributed by atoms with Crippen LogP contribution in [0.15, 0.2) is 23.2 Å². The largest absolute Gasteiger partial charge is 0.317 e. The monoisotopic (exact) mass is 445 g/mol. The Hall–Kier alpha value is -1.44. The van der Waals surface area contributed by atoms with Crippen molar-refractivity contribution in [3.05, 3.63) is 35.1 Å². The van der Waals surface area contributed by atoms with Crippen LogP contribution >= 0.6 is 11.8 Å². The van der Waals surface area contributed by atoms with Crippen LogP contribution < -0.4 is 10.8 Å². The number of carbonyl (C=O) groups excluding carboxylic acids is 1. The number of halogens is 1. The first-order valence-corrected chi connectivity index (χ1v) is 12.6. The van der Waals surface area contributed by atoms with Crippen LogP contribution in [-0.2, 0) is 11.2 Å². The molecule has 2 saturated carbocycles. The second-order valence-electron chi connectivity index (χ2n) is 9.99.